The third-order valence-electron chi connectivity index (χ3n) is 4.55. The first kappa shape index (κ1) is 14.8. The Morgan fingerprint density at radius 1 is 1.12 bits per heavy atom. The fourth-order valence-electron chi connectivity index (χ4n) is 3.32. The smallest absolute Gasteiger partial charge is 0.255 e. The van der Waals surface area contributed by atoms with Crippen molar-refractivity contribution in [3.05, 3.63) is 71.9 Å². The van der Waals surface area contributed by atoms with Crippen LogP contribution < -0.4 is 10.6 Å². The molecule has 4 rings (SSSR count). The summed E-state index contributed by atoms with van der Waals surface area (Å²) < 4.78 is 0. The number of para-hydroxylation sites is 1. The van der Waals surface area contributed by atoms with Crippen molar-refractivity contribution in [3.63, 3.8) is 0 Å². The van der Waals surface area contributed by atoms with Gasteiger partial charge in [0.15, 0.2) is 0 Å². The number of aromatic nitrogens is 1. The van der Waals surface area contributed by atoms with Crippen LogP contribution in [-0.4, -0.2) is 24.0 Å². The monoisotopic (exact) mass is 317 g/mol. The van der Waals surface area contributed by atoms with Crippen molar-refractivity contribution in [3.8, 4) is 0 Å². The summed E-state index contributed by atoms with van der Waals surface area (Å²) in [4.78, 5) is 17.2. The number of amides is 1. The van der Waals surface area contributed by atoms with Gasteiger partial charge in [0.25, 0.3) is 5.91 Å². The Morgan fingerprint density at radius 3 is 2.83 bits per heavy atom. The highest BCUT2D eigenvalue weighted by atomic mass is 16.1. The number of carbonyl (C=O) groups is 1. The van der Waals surface area contributed by atoms with Gasteiger partial charge in [-0.15, -0.1) is 0 Å². The van der Waals surface area contributed by atoms with Gasteiger partial charge in [-0.25, -0.2) is 0 Å². The van der Waals surface area contributed by atoms with Crippen LogP contribution in [0.25, 0.3) is 10.9 Å². The standard InChI is InChI=1S/C20H19N3O/c24-20(18-7-3-2-6-17(18)15-9-10-21-12-15)23-16-11-14-5-1-4-8-19(14)22-13-16/h1-8,11,13,15,21H,9-10,12H2,(H,23,24). The van der Waals surface area contributed by atoms with E-state index in [0.29, 0.717) is 5.92 Å². The molecule has 1 saturated heterocycles. The predicted molar refractivity (Wildman–Crippen MR) is 96.4 cm³/mol. The average molecular weight is 317 g/mol. The van der Waals surface area contributed by atoms with Crippen molar-refractivity contribution in [1.29, 1.82) is 0 Å². The predicted octanol–water partition coefficient (Wildman–Crippen LogP) is 3.56. The van der Waals surface area contributed by atoms with Gasteiger partial charge in [-0.1, -0.05) is 36.4 Å². The average Bonchev–Trinajstić information content (AvgIpc) is 3.16. The number of benzene rings is 2. The van der Waals surface area contributed by atoms with Crippen LogP contribution in [0.1, 0.15) is 28.3 Å². The van der Waals surface area contributed by atoms with Gasteiger partial charge in [-0.3, -0.25) is 9.78 Å². The number of anilines is 1. The van der Waals surface area contributed by atoms with Crippen molar-refractivity contribution in [2.75, 3.05) is 18.4 Å². The van der Waals surface area contributed by atoms with Gasteiger partial charge < -0.3 is 10.6 Å². The molecule has 2 heterocycles. The first-order chi connectivity index (χ1) is 11.8. The van der Waals surface area contributed by atoms with E-state index in [9.17, 15) is 4.79 Å². The van der Waals surface area contributed by atoms with Crippen molar-refractivity contribution >= 4 is 22.5 Å². The van der Waals surface area contributed by atoms with Crippen LogP contribution in [0, 0.1) is 0 Å². The van der Waals surface area contributed by atoms with E-state index in [2.05, 4.69) is 21.7 Å². The zero-order chi connectivity index (χ0) is 16.4. The van der Waals surface area contributed by atoms with Gasteiger partial charge in [0.1, 0.15) is 0 Å². The molecule has 0 bridgehead atoms. The third kappa shape index (κ3) is 2.88. The normalized spacial score (nSPS) is 17.1. The number of fused-ring (bicyclic) bond motifs is 1. The highest BCUT2D eigenvalue weighted by molar-refractivity contribution is 6.06. The van der Waals surface area contributed by atoms with Gasteiger partial charge in [0.2, 0.25) is 0 Å². The summed E-state index contributed by atoms with van der Waals surface area (Å²) in [5.41, 5.74) is 3.51. The van der Waals surface area contributed by atoms with Crippen LogP contribution in [0.3, 0.4) is 0 Å². The molecule has 4 nitrogen and oxygen atoms in total. The van der Waals surface area contributed by atoms with E-state index >= 15 is 0 Å². The van der Waals surface area contributed by atoms with E-state index in [4.69, 9.17) is 0 Å². The lowest BCUT2D eigenvalue weighted by molar-refractivity contribution is 0.102. The molecule has 1 atom stereocenters. The molecule has 0 radical (unpaired) electrons. The molecule has 0 saturated carbocycles. The molecule has 3 aromatic rings. The highest BCUT2D eigenvalue weighted by Crippen LogP contribution is 2.26. The molecule has 1 unspecified atom stereocenters. The number of nitrogens with zero attached hydrogens (tertiary/aromatic N) is 1. The Balaban J connectivity index is 1.61. The lowest BCUT2D eigenvalue weighted by Crippen LogP contribution is -2.17. The van der Waals surface area contributed by atoms with Crippen molar-refractivity contribution < 1.29 is 4.79 Å². The maximum Gasteiger partial charge on any atom is 0.255 e. The van der Waals surface area contributed by atoms with Crippen LogP contribution in [0.5, 0.6) is 0 Å². The van der Waals surface area contributed by atoms with E-state index in [1.165, 1.54) is 0 Å². The molecule has 0 aliphatic carbocycles. The SMILES string of the molecule is O=C(Nc1cnc2ccccc2c1)c1ccccc1C1CCNC1. The summed E-state index contributed by atoms with van der Waals surface area (Å²) in [5.74, 6) is 0.330. The molecule has 24 heavy (non-hydrogen) atoms. The zero-order valence-corrected chi connectivity index (χ0v) is 13.3. The van der Waals surface area contributed by atoms with E-state index in [1.807, 2.05) is 48.5 Å². The second kappa shape index (κ2) is 6.42. The minimum absolute atomic E-state index is 0.0745. The summed E-state index contributed by atoms with van der Waals surface area (Å²) in [5, 5.41) is 7.37. The molecule has 0 spiro atoms. The first-order valence-corrected chi connectivity index (χ1v) is 8.27. The molecule has 120 valence electrons. The van der Waals surface area contributed by atoms with Crippen molar-refractivity contribution in [2.45, 2.75) is 12.3 Å². The number of carbonyl (C=O) groups excluding carboxylic acids is 1. The third-order valence-corrected chi connectivity index (χ3v) is 4.55. The summed E-state index contributed by atoms with van der Waals surface area (Å²) >= 11 is 0. The van der Waals surface area contributed by atoms with Crippen LogP contribution in [0.15, 0.2) is 60.8 Å². The van der Waals surface area contributed by atoms with Crippen LogP contribution in [0.4, 0.5) is 5.69 Å². The molecule has 4 heteroatoms. The van der Waals surface area contributed by atoms with Gasteiger partial charge >= 0.3 is 0 Å². The maximum absolute atomic E-state index is 12.8. The summed E-state index contributed by atoms with van der Waals surface area (Å²) in [6, 6.07) is 17.7. The number of pyridine rings is 1. The second-order valence-corrected chi connectivity index (χ2v) is 6.15. The molecule has 1 aromatic heterocycles. The fourth-order valence-corrected chi connectivity index (χ4v) is 3.32. The van der Waals surface area contributed by atoms with Crippen molar-refractivity contribution in [1.82, 2.24) is 10.3 Å². The minimum atomic E-state index is -0.0745. The van der Waals surface area contributed by atoms with Gasteiger partial charge in [0.05, 0.1) is 17.4 Å². The molecule has 2 N–H and O–H groups in total. The summed E-state index contributed by atoms with van der Waals surface area (Å²) in [6.07, 6.45) is 2.78. The van der Waals surface area contributed by atoms with Gasteiger partial charge in [-0.2, -0.15) is 0 Å². The summed E-state index contributed by atoms with van der Waals surface area (Å²) in [6.45, 7) is 1.94. The van der Waals surface area contributed by atoms with Crippen LogP contribution in [0.2, 0.25) is 0 Å². The lowest BCUT2D eigenvalue weighted by atomic mass is 9.93. The van der Waals surface area contributed by atoms with Crippen molar-refractivity contribution in [2.24, 2.45) is 0 Å². The highest BCUT2D eigenvalue weighted by Gasteiger charge is 2.22. The Hall–Kier alpha value is -2.72. The van der Waals surface area contributed by atoms with Crippen LogP contribution in [-0.2, 0) is 0 Å². The minimum Gasteiger partial charge on any atom is -0.321 e. The van der Waals surface area contributed by atoms with Crippen LogP contribution >= 0.6 is 0 Å². The maximum atomic E-state index is 12.8. The fraction of sp³-hybridized carbons (Fsp3) is 0.200. The Kier molecular flexibility index (Phi) is 3.97. The molecule has 1 fully saturated rings. The molecule has 1 aliphatic heterocycles. The number of rotatable bonds is 3. The largest absolute Gasteiger partial charge is 0.321 e. The first-order valence-electron chi connectivity index (χ1n) is 8.27. The van der Waals surface area contributed by atoms with Gasteiger partial charge in [0, 0.05) is 17.5 Å². The molecule has 2 aromatic carbocycles. The van der Waals surface area contributed by atoms with E-state index in [-0.39, 0.29) is 5.91 Å². The Labute approximate surface area is 140 Å². The second-order valence-electron chi connectivity index (χ2n) is 6.15. The van der Waals surface area contributed by atoms with Gasteiger partial charge in [-0.05, 0) is 42.6 Å². The molecular weight excluding hydrogens is 298 g/mol. The van der Waals surface area contributed by atoms with E-state index in [0.717, 1.165) is 47.2 Å². The lowest BCUT2D eigenvalue weighted by Gasteiger charge is -2.14. The number of hydrogen-bond donors (Lipinski definition) is 2. The van der Waals surface area contributed by atoms with E-state index in [1.54, 1.807) is 6.20 Å². The molecule has 1 amide bonds. The number of nitrogens with one attached hydrogen (secondary N) is 2. The summed E-state index contributed by atoms with van der Waals surface area (Å²) in [7, 11) is 0. The molecule has 1 aliphatic rings. The Morgan fingerprint density at radius 2 is 1.96 bits per heavy atom. The molecular formula is C20H19N3O. The Bertz CT molecular complexity index is 885. The topological polar surface area (TPSA) is 54.0 Å². The van der Waals surface area contributed by atoms with E-state index < -0.39 is 0 Å². The zero-order valence-electron chi connectivity index (χ0n) is 13.3. The number of hydrogen-bond acceptors (Lipinski definition) is 3. The quantitative estimate of drug-likeness (QED) is 0.776.